The van der Waals surface area contributed by atoms with Crippen LogP contribution in [0.25, 0.3) is 0 Å². The molecule has 1 heterocycles. The average Bonchev–Trinajstić information content (AvgIpc) is 2.93. The van der Waals surface area contributed by atoms with Crippen LogP contribution >= 0.6 is 0 Å². The molecule has 0 aromatic heterocycles. The molecule has 1 aliphatic heterocycles. The second kappa shape index (κ2) is 16.8. The normalized spacial score (nSPS) is 16.9. The first-order valence-corrected chi connectivity index (χ1v) is 14.1. The van der Waals surface area contributed by atoms with Gasteiger partial charge in [0.25, 0.3) is 5.91 Å². The van der Waals surface area contributed by atoms with Gasteiger partial charge in [0.1, 0.15) is 5.75 Å². The Morgan fingerprint density at radius 2 is 1.77 bits per heavy atom. The second-order valence-electron chi connectivity index (χ2n) is 11.1. The lowest BCUT2D eigenvalue weighted by Gasteiger charge is -2.39. The van der Waals surface area contributed by atoms with Crippen molar-refractivity contribution in [3.63, 3.8) is 0 Å². The minimum Gasteiger partial charge on any atom is -0.493 e. The standard InChI is InChI=1S/C29H50N4O6/c1-21(2)22(19-31-27(35)23-10-6-7-11-26(23)39-15-9-8-14-37-5)18-24(30)25(34)20-32-28(36)29(3,4)33-12-16-38-17-13-33/h6-7,10-11,21-22,24-25,34H,8-9,12-20,30H2,1-5H3,(H,31,35)(H,32,36). The number of nitrogens with zero attached hydrogens (tertiary/aromatic N) is 1. The molecule has 2 amide bonds. The highest BCUT2D eigenvalue weighted by Crippen LogP contribution is 2.21. The van der Waals surface area contributed by atoms with Gasteiger partial charge in [-0.1, -0.05) is 26.0 Å². The van der Waals surface area contributed by atoms with Crippen molar-refractivity contribution in [3.05, 3.63) is 29.8 Å². The van der Waals surface area contributed by atoms with E-state index in [2.05, 4.69) is 29.4 Å². The molecule has 10 heteroatoms. The number of carbonyl (C=O) groups is 2. The molecule has 3 unspecified atom stereocenters. The number of aliphatic hydroxyl groups excluding tert-OH is 1. The number of unbranched alkanes of at least 4 members (excludes halogenated alkanes) is 1. The molecule has 222 valence electrons. The molecule has 0 aliphatic carbocycles. The molecule has 1 aliphatic rings. The Labute approximate surface area is 233 Å². The maximum atomic E-state index is 13.0. The number of methoxy groups -OCH3 is 1. The van der Waals surface area contributed by atoms with E-state index in [0.29, 0.717) is 63.8 Å². The SMILES string of the molecule is COCCCCOc1ccccc1C(=O)NCC(CC(N)C(O)CNC(=O)C(C)(C)N1CCOCC1)C(C)C. The molecule has 0 spiro atoms. The van der Waals surface area contributed by atoms with Crippen molar-refractivity contribution >= 4 is 11.8 Å². The van der Waals surface area contributed by atoms with Crippen molar-refractivity contribution in [1.29, 1.82) is 0 Å². The zero-order valence-electron chi connectivity index (χ0n) is 24.4. The summed E-state index contributed by atoms with van der Waals surface area (Å²) in [6, 6.07) is 6.66. The highest BCUT2D eigenvalue weighted by molar-refractivity contribution is 5.96. The topological polar surface area (TPSA) is 135 Å². The van der Waals surface area contributed by atoms with Gasteiger partial charge in [0, 0.05) is 45.9 Å². The molecule has 0 saturated carbocycles. The lowest BCUT2D eigenvalue weighted by Crippen LogP contribution is -2.59. The summed E-state index contributed by atoms with van der Waals surface area (Å²) in [5.41, 5.74) is 6.14. The smallest absolute Gasteiger partial charge is 0.255 e. The van der Waals surface area contributed by atoms with Crippen molar-refractivity contribution in [3.8, 4) is 5.75 Å². The van der Waals surface area contributed by atoms with Gasteiger partial charge in [-0.3, -0.25) is 14.5 Å². The fraction of sp³-hybridized carbons (Fsp3) is 0.724. The third-order valence-electron chi connectivity index (χ3n) is 7.50. The number of morpholine rings is 1. The summed E-state index contributed by atoms with van der Waals surface area (Å²) in [6.45, 7) is 12.1. The van der Waals surface area contributed by atoms with Gasteiger partial charge in [0.05, 0.1) is 37.0 Å². The van der Waals surface area contributed by atoms with E-state index in [0.717, 1.165) is 12.8 Å². The Bertz CT molecular complexity index is 875. The fourth-order valence-corrected chi connectivity index (χ4v) is 4.56. The van der Waals surface area contributed by atoms with Crippen LogP contribution < -0.4 is 21.1 Å². The fourth-order valence-electron chi connectivity index (χ4n) is 4.56. The summed E-state index contributed by atoms with van der Waals surface area (Å²) in [4.78, 5) is 27.9. The molecule has 0 bridgehead atoms. The number of rotatable bonds is 17. The van der Waals surface area contributed by atoms with E-state index in [-0.39, 0.29) is 30.2 Å². The summed E-state index contributed by atoms with van der Waals surface area (Å²) < 4.78 is 16.3. The average molecular weight is 551 g/mol. The van der Waals surface area contributed by atoms with Gasteiger partial charge in [-0.25, -0.2) is 0 Å². The van der Waals surface area contributed by atoms with E-state index in [4.69, 9.17) is 19.9 Å². The van der Waals surface area contributed by atoms with Crippen LogP contribution in [0.1, 0.15) is 57.3 Å². The third kappa shape index (κ3) is 10.7. The highest BCUT2D eigenvalue weighted by atomic mass is 16.5. The minimum atomic E-state index is -0.904. The second-order valence-corrected chi connectivity index (χ2v) is 11.1. The van der Waals surface area contributed by atoms with Crippen molar-refractivity contribution < 1.29 is 28.9 Å². The van der Waals surface area contributed by atoms with Gasteiger partial charge in [0.15, 0.2) is 0 Å². The summed E-state index contributed by atoms with van der Waals surface area (Å²) in [6.07, 6.45) is 1.32. The summed E-state index contributed by atoms with van der Waals surface area (Å²) in [5.74, 6) is 0.464. The first kappa shape index (κ1) is 33.0. The molecular weight excluding hydrogens is 500 g/mol. The Kier molecular flexibility index (Phi) is 14.2. The van der Waals surface area contributed by atoms with E-state index >= 15 is 0 Å². The predicted octanol–water partition coefficient (Wildman–Crippen LogP) is 1.80. The number of nitrogens with two attached hydrogens (primary N) is 1. The van der Waals surface area contributed by atoms with Crippen molar-refractivity contribution in [2.75, 3.05) is 59.7 Å². The molecule has 39 heavy (non-hydrogen) atoms. The van der Waals surface area contributed by atoms with Gasteiger partial charge in [-0.05, 0) is 57.1 Å². The van der Waals surface area contributed by atoms with Crippen molar-refractivity contribution in [2.45, 2.75) is 64.6 Å². The number of hydrogen-bond donors (Lipinski definition) is 4. The predicted molar refractivity (Wildman–Crippen MR) is 152 cm³/mol. The number of ether oxygens (including phenoxy) is 3. The van der Waals surface area contributed by atoms with E-state index in [1.54, 1.807) is 19.2 Å². The summed E-state index contributed by atoms with van der Waals surface area (Å²) in [7, 11) is 1.67. The van der Waals surface area contributed by atoms with E-state index in [1.807, 2.05) is 26.0 Å². The van der Waals surface area contributed by atoms with E-state index < -0.39 is 17.7 Å². The number of nitrogens with one attached hydrogen (secondary N) is 2. The Morgan fingerprint density at radius 1 is 1.10 bits per heavy atom. The molecule has 1 aromatic carbocycles. The number of hydrogen-bond acceptors (Lipinski definition) is 8. The van der Waals surface area contributed by atoms with Gasteiger partial charge in [-0.2, -0.15) is 0 Å². The molecule has 0 radical (unpaired) electrons. The van der Waals surface area contributed by atoms with E-state index in [1.165, 1.54) is 0 Å². The van der Waals surface area contributed by atoms with Crippen LogP contribution in [0.15, 0.2) is 24.3 Å². The summed E-state index contributed by atoms with van der Waals surface area (Å²) >= 11 is 0. The van der Waals surface area contributed by atoms with Gasteiger partial charge >= 0.3 is 0 Å². The Morgan fingerprint density at radius 3 is 2.44 bits per heavy atom. The molecule has 3 atom stereocenters. The van der Waals surface area contributed by atoms with Crippen molar-refractivity contribution in [2.24, 2.45) is 17.6 Å². The molecule has 2 rings (SSSR count). The van der Waals surface area contributed by atoms with E-state index in [9.17, 15) is 14.7 Å². The molecular formula is C29H50N4O6. The van der Waals surface area contributed by atoms with Crippen LogP contribution in [0.3, 0.4) is 0 Å². The number of aliphatic hydroxyl groups is 1. The molecule has 1 saturated heterocycles. The maximum absolute atomic E-state index is 13.0. The number of para-hydroxylation sites is 1. The van der Waals surface area contributed by atoms with Crippen LogP contribution in [-0.2, 0) is 14.3 Å². The zero-order chi connectivity index (χ0) is 28.8. The number of benzene rings is 1. The molecule has 1 aromatic rings. The first-order valence-electron chi connectivity index (χ1n) is 14.1. The van der Waals surface area contributed by atoms with Gasteiger partial charge in [-0.15, -0.1) is 0 Å². The zero-order valence-corrected chi connectivity index (χ0v) is 24.4. The van der Waals surface area contributed by atoms with Crippen molar-refractivity contribution in [1.82, 2.24) is 15.5 Å². The quantitative estimate of drug-likeness (QED) is 0.216. The first-order chi connectivity index (χ1) is 18.6. The molecule has 10 nitrogen and oxygen atoms in total. The molecule has 1 fully saturated rings. The lowest BCUT2D eigenvalue weighted by atomic mass is 9.87. The van der Waals surface area contributed by atoms with Gasteiger partial charge in [0.2, 0.25) is 5.91 Å². The Hall–Kier alpha value is -2.24. The lowest BCUT2D eigenvalue weighted by molar-refractivity contribution is -0.135. The third-order valence-corrected chi connectivity index (χ3v) is 7.50. The van der Waals surface area contributed by atoms with Crippen LogP contribution in [0.5, 0.6) is 5.75 Å². The highest BCUT2D eigenvalue weighted by Gasteiger charge is 2.36. The minimum absolute atomic E-state index is 0.0428. The van der Waals surface area contributed by atoms with Crippen LogP contribution in [0.2, 0.25) is 0 Å². The maximum Gasteiger partial charge on any atom is 0.255 e. The van der Waals surface area contributed by atoms with Gasteiger partial charge < -0.3 is 35.7 Å². The van der Waals surface area contributed by atoms with Crippen LogP contribution in [0.4, 0.5) is 0 Å². The Balaban J connectivity index is 1.85. The molecule has 5 N–H and O–H groups in total. The van der Waals surface area contributed by atoms with Crippen LogP contribution in [-0.4, -0.2) is 99.2 Å². The number of amides is 2. The number of carbonyl (C=O) groups excluding carboxylic acids is 2. The monoisotopic (exact) mass is 550 g/mol. The van der Waals surface area contributed by atoms with Crippen LogP contribution in [0, 0.1) is 11.8 Å². The summed E-state index contributed by atoms with van der Waals surface area (Å²) in [5, 5.41) is 16.6. The largest absolute Gasteiger partial charge is 0.493 e.